The van der Waals surface area contributed by atoms with Gasteiger partial charge in [0.15, 0.2) is 0 Å². The number of hydrogen-bond donors (Lipinski definition) is 1. The van der Waals surface area contributed by atoms with Gasteiger partial charge in [0.25, 0.3) is 0 Å². The zero-order valence-electron chi connectivity index (χ0n) is 13.7. The van der Waals surface area contributed by atoms with Crippen molar-refractivity contribution in [2.45, 2.75) is 6.92 Å². The lowest BCUT2D eigenvalue weighted by Gasteiger charge is -2.02. The van der Waals surface area contributed by atoms with Crippen molar-refractivity contribution in [3.8, 4) is 28.4 Å². The quantitative estimate of drug-likeness (QED) is 0.563. The number of fused-ring (bicyclic) bond motifs is 1. The zero-order chi connectivity index (χ0) is 16.5. The number of aromatic amines is 1. The molecular weight excluding hydrogens is 296 g/mol. The highest BCUT2D eigenvalue weighted by molar-refractivity contribution is 5.87. The van der Waals surface area contributed by atoms with Crippen LogP contribution >= 0.6 is 0 Å². The molecule has 0 saturated carbocycles. The van der Waals surface area contributed by atoms with Gasteiger partial charge in [0.1, 0.15) is 11.6 Å². The summed E-state index contributed by atoms with van der Waals surface area (Å²) in [6.07, 6.45) is 0. The molecule has 4 rings (SSSR count). The predicted octanol–water partition coefficient (Wildman–Crippen LogP) is 5.21. The molecule has 1 heterocycles. The molecule has 3 aromatic carbocycles. The molecule has 3 nitrogen and oxygen atoms in total. The first-order valence-electron chi connectivity index (χ1n) is 7.95. The van der Waals surface area contributed by atoms with Crippen LogP contribution in [0.25, 0.3) is 33.4 Å². The van der Waals surface area contributed by atoms with Crippen LogP contribution in [0.5, 0.6) is 5.75 Å². The Morgan fingerprint density at radius 3 is 2.29 bits per heavy atom. The van der Waals surface area contributed by atoms with Crippen molar-refractivity contribution < 1.29 is 4.74 Å². The summed E-state index contributed by atoms with van der Waals surface area (Å²) >= 11 is 0. The van der Waals surface area contributed by atoms with Crippen molar-refractivity contribution in [1.29, 1.82) is 0 Å². The van der Waals surface area contributed by atoms with Gasteiger partial charge in [-0.3, -0.25) is 0 Å². The van der Waals surface area contributed by atoms with Gasteiger partial charge in [-0.1, -0.05) is 36.4 Å². The van der Waals surface area contributed by atoms with Crippen molar-refractivity contribution in [3.63, 3.8) is 0 Å². The Labute approximate surface area is 140 Å². The van der Waals surface area contributed by atoms with Crippen LogP contribution in [0.2, 0.25) is 0 Å². The third kappa shape index (κ3) is 2.54. The van der Waals surface area contributed by atoms with Crippen LogP contribution in [-0.4, -0.2) is 17.1 Å². The Hall–Kier alpha value is -3.07. The van der Waals surface area contributed by atoms with Crippen LogP contribution in [0.4, 0.5) is 0 Å². The number of benzene rings is 3. The molecule has 1 N–H and O–H groups in total. The van der Waals surface area contributed by atoms with Crippen LogP contribution in [-0.2, 0) is 0 Å². The Kier molecular flexibility index (Phi) is 3.54. The molecule has 0 aliphatic heterocycles. The molecule has 0 unspecified atom stereocenters. The van der Waals surface area contributed by atoms with Crippen molar-refractivity contribution in [2.75, 3.05) is 7.11 Å². The minimum absolute atomic E-state index is 0.844. The smallest absolute Gasteiger partial charge is 0.138 e. The summed E-state index contributed by atoms with van der Waals surface area (Å²) in [5, 5.41) is 2.47. The minimum Gasteiger partial charge on any atom is -0.497 e. The van der Waals surface area contributed by atoms with Crippen LogP contribution in [0.3, 0.4) is 0 Å². The topological polar surface area (TPSA) is 37.9 Å². The molecule has 4 aromatic rings. The van der Waals surface area contributed by atoms with Gasteiger partial charge in [-0.2, -0.15) is 0 Å². The fraction of sp³-hybridized carbons (Fsp3) is 0.0952. The lowest BCUT2D eigenvalue weighted by Crippen LogP contribution is -1.84. The van der Waals surface area contributed by atoms with Gasteiger partial charge in [-0.05, 0) is 48.0 Å². The van der Waals surface area contributed by atoms with E-state index in [1.54, 1.807) is 7.11 Å². The summed E-state index contributed by atoms with van der Waals surface area (Å²) in [6.45, 7) is 2.06. The van der Waals surface area contributed by atoms with E-state index in [4.69, 9.17) is 9.72 Å². The first-order chi connectivity index (χ1) is 11.7. The van der Waals surface area contributed by atoms with E-state index in [1.165, 1.54) is 10.8 Å². The van der Waals surface area contributed by atoms with Gasteiger partial charge >= 0.3 is 0 Å². The molecule has 3 heteroatoms. The van der Waals surface area contributed by atoms with Crippen molar-refractivity contribution in [3.05, 3.63) is 72.4 Å². The molecular formula is C21H18N2O. The van der Waals surface area contributed by atoms with Crippen LogP contribution in [0.1, 0.15) is 5.69 Å². The van der Waals surface area contributed by atoms with E-state index in [2.05, 4.69) is 54.4 Å². The highest BCUT2D eigenvalue weighted by atomic mass is 16.5. The zero-order valence-corrected chi connectivity index (χ0v) is 13.7. The van der Waals surface area contributed by atoms with E-state index in [1.807, 2.05) is 24.3 Å². The lowest BCUT2D eigenvalue weighted by atomic mass is 10.0. The first kappa shape index (κ1) is 14.5. The molecule has 0 fully saturated rings. The highest BCUT2D eigenvalue weighted by Crippen LogP contribution is 2.28. The van der Waals surface area contributed by atoms with Crippen LogP contribution < -0.4 is 4.74 Å². The van der Waals surface area contributed by atoms with Gasteiger partial charge in [-0.15, -0.1) is 0 Å². The number of H-pyrrole nitrogens is 1. The molecule has 0 amide bonds. The average molecular weight is 314 g/mol. The van der Waals surface area contributed by atoms with Crippen LogP contribution in [0.15, 0.2) is 66.7 Å². The summed E-state index contributed by atoms with van der Waals surface area (Å²) < 4.78 is 5.21. The molecule has 0 saturated heterocycles. The van der Waals surface area contributed by atoms with Gasteiger partial charge in [0, 0.05) is 16.8 Å². The maximum Gasteiger partial charge on any atom is 0.138 e. The fourth-order valence-electron chi connectivity index (χ4n) is 2.96. The molecule has 0 radical (unpaired) electrons. The second-order valence-corrected chi connectivity index (χ2v) is 5.85. The standard InChI is InChI=1S/C21H18N2O/c1-14-20(18-8-7-15-5-3-4-6-17(15)13-18)23-21(22-14)16-9-11-19(24-2)12-10-16/h3-13H,1-2H3,(H,22,23). The van der Waals surface area contributed by atoms with Gasteiger partial charge in [-0.25, -0.2) is 4.98 Å². The SMILES string of the molecule is COc1ccc(-c2nc(-c3ccc4ccccc4c3)c(C)[nH]2)cc1. The van der Waals surface area contributed by atoms with E-state index in [9.17, 15) is 0 Å². The predicted molar refractivity (Wildman–Crippen MR) is 98.3 cm³/mol. The van der Waals surface area contributed by atoms with Crippen molar-refractivity contribution >= 4 is 10.8 Å². The third-order valence-corrected chi connectivity index (χ3v) is 4.27. The number of aryl methyl sites for hydroxylation is 1. The number of hydrogen-bond acceptors (Lipinski definition) is 2. The lowest BCUT2D eigenvalue weighted by molar-refractivity contribution is 0.415. The minimum atomic E-state index is 0.844. The Morgan fingerprint density at radius 1 is 0.833 bits per heavy atom. The van der Waals surface area contributed by atoms with E-state index in [0.717, 1.165) is 34.1 Å². The molecule has 0 spiro atoms. The summed E-state index contributed by atoms with van der Waals surface area (Å²) in [6, 6.07) is 22.8. The Balaban J connectivity index is 1.76. The number of aromatic nitrogens is 2. The molecule has 118 valence electrons. The van der Waals surface area contributed by atoms with Crippen molar-refractivity contribution in [2.24, 2.45) is 0 Å². The molecule has 1 aromatic heterocycles. The molecule has 0 bridgehead atoms. The highest BCUT2D eigenvalue weighted by Gasteiger charge is 2.11. The van der Waals surface area contributed by atoms with Gasteiger partial charge < -0.3 is 9.72 Å². The van der Waals surface area contributed by atoms with Crippen molar-refractivity contribution in [1.82, 2.24) is 9.97 Å². The number of nitrogens with zero attached hydrogens (tertiary/aromatic N) is 1. The monoisotopic (exact) mass is 314 g/mol. The molecule has 0 aliphatic rings. The molecule has 0 aliphatic carbocycles. The summed E-state index contributed by atoms with van der Waals surface area (Å²) in [5.41, 5.74) is 4.23. The van der Waals surface area contributed by atoms with Gasteiger partial charge in [0.2, 0.25) is 0 Å². The van der Waals surface area contributed by atoms with Gasteiger partial charge in [0.05, 0.1) is 12.8 Å². The number of ether oxygens (including phenoxy) is 1. The number of methoxy groups -OCH3 is 1. The van der Waals surface area contributed by atoms with E-state index >= 15 is 0 Å². The normalized spacial score (nSPS) is 10.9. The van der Waals surface area contributed by atoms with E-state index in [-0.39, 0.29) is 0 Å². The number of rotatable bonds is 3. The number of nitrogens with one attached hydrogen (secondary N) is 1. The first-order valence-corrected chi connectivity index (χ1v) is 7.95. The number of imidazole rings is 1. The molecule has 0 atom stereocenters. The summed E-state index contributed by atoms with van der Waals surface area (Å²) in [4.78, 5) is 8.21. The maximum atomic E-state index is 5.21. The Morgan fingerprint density at radius 2 is 1.54 bits per heavy atom. The van der Waals surface area contributed by atoms with E-state index < -0.39 is 0 Å². The third-order valence-electron chi connectivity index (χ3n) is 4.27. The summed E-state index contributed by atoms with van der Waals surface area (Å²) in [5.74, 6) is 1.72. The maximum absolute atomic E-state index is 5.21. The second kappa shape index (κ2) is 5.85. The Bertz CT molecular complexity index is 1000. The second-order valence-electron chi connectivity index (χ2n) is 5.85. The summed E-state index contributed by atoms with van der Waals surface area (Å²) in [7, 11) is 1.67. The fourth-order valence-corrected chi connectivity index (χ4v) is 2.96. The molecule has 24 heavy (non-hydrogen) atoms. The largest absolute Gasteiger partial charge is 0.497 e. The van der Waals surface area contributed by atoms with Crippen LogP contribution in [0, 0.1) is 6.92 Å². The van der Waals surface area contributed by atoms with E-state index in [0.29, 0.717) is 0 Å². The average Bonchev–Trinajstić information content (AvgIpc) is 3.03.